The zero-order valence-electron chi connectivity index (χ0n) is 15.9. The third-order valence-electron chi connectivity index (χ3n) is 4.04. The van der Waals surface area contributed by atoms with Gasteiger partial charge in [0.25, 0.3) is 5.91 Å². The van der Waals surface area contributed by atoms with Gasteiger partial charge in [-0.25, -0.2) is 5.43 Å². The van der Waals surface area contributed by atoms with Crippen LogP contribution < -0.4 is 14.9 Å². The van der Waals surface area contributed by atoms with E-state index in [1.807, 2.05) is 30.3 Å². The number of ether oxygens (including phenoxy) is 2. The maximum atomic E-state index is 12.3. The number of rotatable bonds is 7. The highest BCUT2D eigenvalue weighted by Crippen LogP contribution is 2.34. The van der Waals surface area contributed by atoms with Crippen molar-refractivity contribution in [1.82, 2.24) is 5.43 Å². The van der Waals surface area contributed by atoms with Crippen molar-refractivity contribution < 1.29 is 14.3 Å². The van der Waals surface area contributed by atoms with Crippen LogP contribution in [0.3, 0.4) is 0 Å². The molecule has 0 fully saturated rings. The van der Waals surface area contributed by atoms with Crippen LogP contribution in [-0.4, -0.2) is 19.2 Å². The lowest BCUT2D eigenvalue weighted by molar-refractivity contribution is 0.0954. The van der Waals surface area contributed by atoms with Gasteiger partial charge < -0.3 is 9.47 Å². The van der Waals surface area contributed by atoms with Gasteiger partial charge >= 0.3 is 0 Å². The molecule has 0 atom stereocenters. The molecule has 0 saturated carbocycles. The molecule has 3 rings (SSSR count). The van der Waals surface area contributed by atoms with E-state index in [0.29, 0.717) is 39.3 Å². The quantitative estimate of drug-likeness (QED) is 0.223. The van der Waals surface area contributed by atoms with E-state index < -0.39 is 0 Å². The van der Waals surface area contributed by atoms with Gasteiger partial charge in [0.2, 0.25) is 0 Å². The van der Waals surface area contributed by atoms with Crippen LogP contribution in [0.15, 0.2) is 65.8 Å². The highest BCUT2D eigenvalue weighted by atomic mass is 127. The second-order valence-corrected chi connectivity index (χ2v) is 8.11. The normalized spacial score (nSPS) is 10.8. The Morgan fingerprint density at radius 2 is 1.80 bits per heavy atom. The summed E-state index contributed by atoms with van der Waals surface area (Å²) >= 11 is 14.8. The van der Waals surface area contributed by atoms with Crippen molar-refractivity contribution in [3.8, 4) is 11.5 Å². The minimum Gasteiger partial charge on any atom is -0.496 e. The Bertz CT molecular complexity index is 1050. The Balaban J connectivity index is 1.65. The fraction of sp³-hybridized carbons (Fsp3) is 0.0909. The first kappa shape index (κ1) is 22.4. The van der Waals surface area contributed by atoms with E-state index in [4.69, 9.17) is 32.7 Å². The molecule has 0 aliphatic carbocycles. The topological polar surface area (TPSA) is 59.9 Å². The summed E-state index contributed by atoms with van der Waals surface area (Å²) in [4.78, 5) is 12.3. The van der Waals surface area contributed by atoms with Gasteiger partial charge in [-0.2, -0.15) is 5.10 Å². The third kappa shape index (κ3) is 5.87. The molecule has 3 aromatic rings. The lowest BCUT2D eigenvalue weighted by Gasteiger charge is -2.11. The number of carbonyl (C=O) groups is 1. The summed E-state index contributed by atoms with van der Waals surface area (Å²) in [5, 5.41) is 4.69. The van der Waals surface area contributed by atoms with Gasteiger partial charge in [0.15, 0.2) is 5.75 Å². The van der Waals surface area contributed by atoms with Crippen LogP contribution in [0.25, 0.3) is 0 Å². The zero-order chi connectivity index (χ0) is 21.5. The van der Waals surface area contributed by atoms with Gasteiger partial charge in [0.1, 0.15) is 12.4 Å². The van der Waals surface area contributed by atoms with E-state index >= 15 is 0 Å². The molecule has 0 aliphatic heterocycles. The molecule has 0 saturated heterocycles. The van der Waals surface area contributed by atoms with Crippen LogP contribution in [0, 0.1) is 3.57 Å². The average Bonchev–Trinajstić information content (AvgIpc) is 2.74. The Kier molecular flexibility index (Phi) is 7.95. The van der Waals surface area contributed by atoms with Gasteiger partial charge in [-0.15, -0.1) is 0 Å². The molecule has 0 aliphatic rings. The second-order valence-electron chi connectivity index (χ2n) is 6.14. The first-order valence-corrected chi connectivity index (χ1v) is 10.6. The highest BCUT2D eigenvalue weighted by Gasteiger charge is 2.11. The molecule has 0 heterocycles. The minimum atomic E-state index is -0.360. The van der Waals surface area contributed by atoms with Crippen LogP contribution in [0.1, 0.15) is 21.5 Å². The summed E-state index contributed by atoms with van der Waals surface area (Å²) in [5.74, 6) is 0.659. The molecule has 0 unspecified atom stereocenters. The Morgan fingerprint density at radius 1 is 1.10 bits per heavy atom. The number of halogens is 3. The number of hydrogen-bond donors (Lipinski definition) is 1. The second kappa shape index (κ2) is 10.7. The van der Waals surface area contributed by atoms with Crippen LogP contribution in [0.4, 0.5) is 0 Å². The van der Waals surface area contributed by atoms with Crippen molar-refractivity contribution in [1.29, 1.82) is 0 Å². The fourth-order valence-corrected chi connectivity index (χ4v) is 3.72. The van der Waals surface area contributed by atoms with Crippen molar-refractivity contribution in [3.63, 3.8) is 0 Å². The fourth-order valence-electron chi connectivity index (χ4n) is 2.55. The Morgan fingerprint density at radius 3 is 2.47 bits per heavy atom. The molecule has 1 amide bonds. The largest absolute Gasteiger partial charge is 0.496 e. The number of nitrogens with zero attached hydrogens (tertiary/aromatic N) is 1. The molecular weight excluding hydrogens is 538 g/mol. The van der Waals surface area contributed by atoms with Gasteiger partial charge in [0.05, 0.1) is 26.9 Å². The van der Waals surface area contributed by atoms with Crippen LogP contribution in [0.5, 0.6) is 11.5 Å². The van der Waals surface area contributed by atoms with Crippen LogP contribution in [0.2, 0.25) is 10.0 Å². The van der Waals surface area contributed by atoms with Crippen molar-refractivity contribution in [2.24, 2.45) is 5.10 Å². The summed E-state index contributed by atoms with van der Waals surface area (Å²) in [6.45, 7) is 0.350. The molecule has 3 aromatic carbocycles. The number of carbonyl (C=O) groups excluding carboxylic acids is 1. The average molecular weight is 555 g/mol. The first-order valence-electron chi connectivity index (χ1n) is 8.80. The molecule has 154 valence electrons. The lowest BCUT2D eigenvalue weighted by atomic mass is 10.2. The Labute approximate surface area is 198 Å². The number of benzene rings is 3. The maximum absolute atomic E-state index is 12.3. The predicted octanol–water partition coefficient (Wildman–Crippen LogP) is 5.95. The van der Waals surface area contributed by atoms with E-state index in [2.05, 4.69) is 33.1 Å². The predicted molar refractivity (Wildman–Crippen MR) is 128 cm³/mol. The number of hydrazone groups is 1. The molecule has 0 radical (unpaired) electrons. The molecular formula is C22H17Cl2IN2O3. The zero-order valence-corrected chi connectivity index (χ0v) is 19.5. The summed E-state index contributed by atoms with van der Waals surface area (Å²) < 4.78 is 11.9. The van der Waals surface area contributed by atoms with Crippen LogP contribution >= 0.6 is 45.8 Å². The molecule has 0 bridgehead atoms. The highest BCUT2D eigenvalue weighted by molar-refractivity contribution is 14.1. The Hall–Kier alpha value is -2.29. The smallest absolute Gasteiger partial charge is 0.271 e. The van der Waals surface area contributed by atoms with Crippen LogP contribution in [-0.2, 0) is 6.61 Å². The molecule has 1 N–H and O–H groups in total. The van der Waals surface area contributed by atoms with Gasteiger partial charge in [-0.1, -0.05) is 53.5 Å². The molecule has 8 heteroatoms. The summed E-state index contributed by atoms with van der Waals surface area (Å²) in [5.41, 5.74) is 4.54. The number of hydrogen-bond acceptors (Lipinski definition) is 4. The van der Waals surface area contributed by atoms with Crippen molar-refractivity contribution in [2.75, 3.05) is 7.11 Å². The first-order chi connectivity index (χ1) is 14.5. The number of nitrogens with one attached hydrogen (secondary N) is 1. The van der Waals surface area contributed by atoms with Crippen molar-refractivity contribution >= 4 is 57.9 Å². The summed E-state index contributed by atoms with van der Waals surface area (Å²) in [7, 11) is 1.55. The summed E-state index contributed by atoms with van der Waals surface area (Å²) in [6.07, 6.45) is 1.46. The maximum Gasteiger partial charge on any atom is 0.271 e. The van der Waals surface area contributed by atoms with E-state index in [1.54, 1.807) is 37.4 Å². The van der Waals surface area contributed by atoms with E-state index in [9.17, 15) is 4.79 Å². The molecule has 30 heavy (non-hydrogen) atoms. The summed E-state index contributed by atoms with van der Waals surface area (Å²) in [6, 6.07) is 18.2. The van der Waals surface area contributed by atoms with E-state index in [0.717, 1.165) is 9.13 Å². The van der Waals surface area contributed by atoms with Crippen molar-refractivity contribution in [3.05, 3.63) is 91.0 Å². The third-order valence-corrected chi connectivity index (χ3v) is 5.49. The molecule has 5 nitrogen and oxygen atoms in total. The van der Waals surface area contributed by atoms with Crippen molar-refractivity contribution in [2.45, 2.75) is 6.61 Å². The molecule has 0 spiro atoms. The SMILES string of the molecule is COc1cc(C(=O)N/N=C\c2cc(Cl)c(OCc3ccccc3)c(Cl)c2)ccc1I. The monoisotopic (exact) mass is 554 g/mol. The minimum absolute atomic E-state index is 0.350. The number of methoxy groups -OCH3 is 1. The van der Waals surface area contributed by atoms with Gasteiger partial charge in [0, 0.05) is 5.56 Å². The van der Waals surface area contributed by atoms with Gasteiger partial charge in [-0.05, 0) is 64.0 Å². The van der Waals surface area contributed by atoms with E-state index in [-0.39, 0.29) is 5.91 Å². The molecule has 0 aromatic heterocycles. The van der Waals surface area contributed by atoms with Gasteiger partial charge in [-0.3, -0.25) is 4.79 Å². The standard InChI is InChI=1S/C22H17Cl2IN2O3/c1-29-20-11-16(7-8-19(20)25)22(28)27-26-12-15-9-17(23)21(18(24)10-15)30-13-14-5-3-2-4-6-14/h2-12H,13H2,1H3,(H,27,28)/b26-12-. The van der Waals surface area contributed by atoms with E-state index in [1.165, 1.54) is 6.21 Å². The number of amides is 1. The lowest BCUT2D eigenvalue weighted by Crippen LogP contribution is -2.17.